The van der Waals surface area contributed by atoms with Crippen LogP contribution in [0, 0.1) is 0 Å². The van der Waals surface area contributed by atoms with Crippen LogP contribution in [0.1, 0.15) is 42.1 Å². The number of nitrogens with one attached hydrogen (secondary N) is 2. The normalized spacial score (nSPS) is 11.7. The maximum atomic E-state index is 12.3. The summed E-state index contributed by atoms with van der Waals surface area (Å²) < 4.78 is 0. The van der Waals surface area contributed by atoms with Gasteiger partial charge in [0.2, 0.25) is 0 Å². The van der Waals surface area contributed by atoms with E-state index in [0.29, 0.717) is 16.0 Å². The Kier molecular flexibility index (Phi) is 6.60. The molecule has 0 saturated carbocycles. The van der Waals surface area contributed by atoms with Gasteiger partial charge in [0.25, 0.3) is 5.91 Å². The van der Waals surface area contributed by atoms with Crippen molar-refractivity contribution in [2.45, 2.75) is 26.2 Å². The summed E-state index contributed by atoms with van der Waals surface area (Å²) in [5, 5.41) is 6.69. The Bertz CT molecular complexity index is 764. The van der Waals surface area contributed by atoms with Crippen molar-refractivity contribution >= 4 is 52.1 Å². The quantitative estimate of drug-likeness (QED) is 0.674. The van der Waals surface area contributed by atoms with Crippen molar-refractivity contribution in [3.8, 4) is 0 Å². The van der Waals surface area contributed by atoms with Crippen molar-refractivity contribution in [3.63, 3.8) is 0 Å². The van der Waals surface area contributed by atoms with Gasteiger partial charge in [-0.15, -0.1) is 0 Å². The molecule has 6 heteroatoms. The molecule has 0 aromatic heterocycles. The van der Waals surface area contributed by atoms with Crippen LogP contribution in [0.3, 0.4) is 0 Å². The Labute approximate surface area is 157 Å². The number of halogens is 2. The molecule has 3 nitrogen and oxygen atoms in total. The summed E-state index contributed by atoms with van der Waals surface area (Å²) in [6, 6.07) is 12.6. The van der Waals surface area contributed by atoms with Crippen molar-refractivity contribution in [3.05, 3.63) is 63.6 Å². The van der Waals surface area contributed by atoms with E-state index in [4.69, 9.17) is 35.4 Å². The highest BCUT2D eigenvalue weighted by molar-refractivity contribution is 7.80. The van der Waals surface area contributed by atoms with Crippen LogP contribution in [0.5, 0.6) is 0 Å². The minimum absolute atomic E-state index is 0.215. The van der Waals surface area contributed by atoms with Crippen LogP contribution in [0.15, 0.2) is 42.5 Å². The van der Waals surface area contributed by atoms with E-state index >= 15 is 0 Å². The summed E-state index contributed by atoms with van der Waals surface area (Å²) >= 11 is 17.2. The van der Waals surface area contributed by atoms with Crippen molar-refractivity contribution < 1.29 is 4.79 Å². The van der Waals surface area contributed by atoms with E-state index in [1.54, 1.807) is 12.1 Å². The fraction of sp³-hybridized carbons (Fsp3) is 0.222. The first kappa shape index (κ1) is 18.7. The molecule has 126 valence electrons. The molecular formula is C18H18Cl2N2OS. The average molecular weight is 381 g/mol. The third-order valence-corrected chi connectivity index (χ3v) is 4.52. The summed E-state index contributed by atoms with van der Waals surface area (Å²) in [6.07, 6.45) is 1.01. The van der Waals surface area contributed by atoms with Gasteiger partial charge in [-0.1, -0.05) is 55.2 Å². The molecule has 0 bridgehead atoms. The summed E-state index contributed by atoms with van der Waals surface area (Å²) in [4.78, 5) is 12.3. The Hall–Kier alpha value is -1.62. The fourth-order valence-corrected chi connectivity index (χ4v) is 2.83. The number of anilines is 1. The summed E-state index contributed by atoms with van der Waals surface area (Å²) in [6.45, 7) is 4.27. The predicted molar refractivity (Wildman–Crippen MR) is 105 cm³/mol. The standard InChI is InChI=1S/C18H18Cl2N2OS/c1-3-11(2)13-6-4-5-7-16(13)21-18(24)22-17(23)14-10-12(19)8-9-15(14)20/h4-11H,3H2,1-2H3,(H2,21,22,23,24)/t11-/m0/s1. The number of para-hydroxylation sites is 1. The number of carbonyl (C=O) groups is 1. The molecule has 1 atom stereocenters. The zero-order chi connectivity index (χ0) is 17.7. The Morgan fingerprint density at radius 1 is 1.21 bits per heavy atom. The van der Waals surface area contributed by atoms with E-state index in [0.717, 1.165) is 17.7 Å². The van der Waals surface area contributed by atoms with Crippen molar-refractivity contribution in [1.29, 1.82) is 0 Å². The van der Waals surface area contributed by atoms with Crippen LogP contribution in [-0.2, 0) is 0 Å². The second-order valence-electron chi connectivity index (χ2n) is 5.43. The van der Waals surface area contributed by atoms with E-state index in [9.17, 15) is 4.79 Å². The van der Waals surface area contributed by atoms with Gasteiger partial charge in [0.1, 0.15) is 0 Å². The molecule has 0 saturated heterocycles. The first-order chi connectivity index (χ1) is 11.4. The molecule has 24 heavy (non-hydrogen) atoms. The smallest absolute Gasteiger partial charge is 0.258 e. The van der Waals surface area contributed by atoms with Gasteiger partial charge < -0.3 is 5.32 Å². The molecule has 0 aliphatic heterocycles. The molecule has 0 fully saturated rings. The van der Waals surface area contributed by atoms with Crippen LogP contribution in [0.4, 0.5) is 5.69 Å². The highest BCUT2D eigenvalue weighted by Crippen LogP contribution is 2.26. The number of carbonyl (C=O) groups excluding carboxylic acids is 1. The van der Waals surface area contributed by atoms with Crippen molar-refractivity contribution in [2.75, 3.05) is 5.32 Å². The van der Waals surface area contributed by atoms with Crippen LogP contribution in [0.2, 0.25) is 10.0 Å². The van der Waals surface area contributed by atoms with Gasteiger partial charge in [0.15, 0.2) is 5.11 Å². The fourth-order valence-electron chi connectivity index (χ4n) is 2.26. The SMILES string of the molecule is CC[C@H](C)c1ccccc1NC(=S)NC(=O)c1cc(Cl)ccc1Cl. The topological polar surface area (TPSA) is 41.1 Å². The summed E-state index contributed by atoms with van der Waals surface area (Å²) in [5.74, 6) is -0.0180. The number of amides is 1. The van der Waals surface area contributed by atoms with Gasteiger partial charge in [0.05, 0.1) is 10.6 Å². The van der Waals surface area contributed by atoms with Gasteiger partial charge in [0, 0.05) is 10.7 Å². The highest BCUT2D eigenvalue weighted by atomic mass is 35.5. The first-order valence-electron chi connectivity index (χ1n) is 7.58. The third kappa shape index (κ3) is 4.69. The summed E-state index contributed by atoms with van der Waals surface area (Å²) in [5.41, 5.74) is 2.32. The number of benzene rings is 2. The van der Waals surface area contributed by atoms with Crippen LogP contribution in [-0.4, -0.2) is 11.0 Å². The van der Waals surface area contributed by atoms with E-state index in [1.165, 1.54) is 6.07 Å². The van der Waals surface area contributed by atoms with Gasteiger partial charge in [-0.3, -0.25) is 10.1 Å². The molecule has 2 rings (SSSR count). The van der Waals surface area contributed by atoms with Gasteiger partial charge >= 0.3 is 0 Å². The Morgan fingerprint density at radius 3 is 2.62 bits per heavy atom. The largest absolute Gasteiger partial charge is 0.332 e. The van der Waals surface area contributed by atoms with E-state index in [2.05, 4.69) is 30.5 Å². The summed E-state index contributed by atoms with van der Waals surface area (Å²) in [7, 11) is 0. The average Bonchev–Trinajstić information content (AvgIpc) is 2.56. The zero-order valence-electron chi connectivity index (χ0n) is 13.4. The third-order valence-electron chi connectivity index (χ3n) is 3.75. The second-order valence-corrected chi connectivity index (χ2v) is 6.68. The van der Waals surface area contributed by atoms with Gasteiger partial charge in [-0.25, -0.2) is 0 Å². The Morgan fingerprint density at radius 2 is 1.92 bits per heavy atom. The molecule has 2 N–H and O–H groups in total. The van der Waals surface area contributed by atoms with Crippen LogP contribution < -0.4 is 10.6 Å². The monoisotopic (exact) mass is 380 g/mol. The number of hydrogen-bond donors (Lipinski definition) is 2. The lowest BCUT2D eigenvalue weighted by Crippen LogP contribution is -2.34. The molecule has 0 aliphatic rings. The van der Waals surface area contributed by atoms with Gasteiger partial charge in [-0.05, 0) is 54.4 Å². The molecule has 0 aliphatic carbocycles. The van der Waals surface area contributed by atoms with Crippen LogP contribution in [0.25, 0.3) is 0 Å². The van der Waals surface area contributed by atoms with Gasteiger partial charge in [-0.2, -0.15) is 0 Å². The molecular weight excluding hydrogens is 363 g/mol. The minimum atomic E-state index is -0.402. The molecule has 1 amide bonds. The second kappa shape index (κ2) is 8.47. The lowest BCUT2D eigenvalue weighted by atomic mass is 9.97. The zero-order valence-corrected chi connectivity index (χ0v) is 15.7. The van der Waals surface area contributed by atoms with Crippen LogP contribution >= 0.6 is 35.4 Å². The molecule has 2 aromatic rings. The molecule has 2 aromatic carbocycles. The number of thiocarbonyl (C=S) groups is 1. The first-order valence-corrected chi connectivity index (χ1v) is 8.75. The lowest BCUT2D eigenvalue weighted by Gasteiger charge is -2.17. The van der Waals surface area contributed by atoms with E-state index in [1.807, 2.05) is 18.2 Å². The molecule has 0 heterocycles. The number of rotatable bonds is 4. The molecule has 0 unspecified atom stereocenters. The van der Waals surface area contributed by atoms with E-state index < -0.39 is 5.91 Å². The maximum absolute atomic E-state index is 12.3. The predicted octanol–water partition coefficient (Wildman–Crippen LogP) is 5.63. The molecule has 0 radical (unpaired) electrons. The van der Waals surface area contributed by atoms with Crippen molar-refractivity contribution in [1.82, 2.24) is 5.32 Å². The number of hydrogen-bond acceptors (Lipinski definition) is 2. The van der Waals surface area contributed by atoms with Crippen molar-refractivity contribution in [2.24, 2.45) is 0 Å². The van der Waals surface area contributed by atoms with E-state index in [-0.39, 0.29) is 10.7 Å². The highest BCUT2D eigenvalue weighted by Gasteiger charge is 2.14. The minimum Gasteiger partial charge on any atom is -0.332 e. The Balaban J connectivity index is 2.11. The molecule has 0 spiro atoms. The maximum Gasteiger partial charge on any atom is 0.258 e. The lowest BCUT2D eigenvalue weighted by molar-refractivity contribution is 0.0978.